The minimum absolute atomic E-state index is 0. The molecular formula is C10H12ClNO3. The average Bonchev–Trinajstić information content (AvgIpc) is 2.65. The number of methoxy groups -OCH3 is 1. The lowest BCUT2D eigenvalue weighted by Crippen LogP contribution is -2.18. The minimum atomic E-state index is -0.374. The van der Waals surface area contributed by atoms with Crippen LogP contribution in [-0.4, -0.2) is 19.8 Å². The first-order chi connectivity index (χ1) is 6.81. The van der Waals surface area contributed by atoms with Crippen LogP contribution in [0.1, 0.15) is 11.6 Å². The molecule has 0 unspecified atom stereocenters. The summed E-state index contributed by atoms with van der Waals surface area (Å²) in [5, 5.41) is 2.70. The molecule has 0 radical (unpaired) electrons. The number of ether oxygens (including phenoxy) is 2. The third-order valence-corrected chi connectivity index (χ3v) is 2.19. The fourth-order valence-corrected chi connectivity index (χ4v) is 1.51. The molecule has 1 aromatic rings. The maximum atomic E-state index is 10.9. The summed E-state index contributed by atoms with van der Waals surface area (Å²) in [7, 11) is 1.61. The number of rotatable bonds is 2. The van der Waals surface area contributed by atoms with Crippen LogP contribution in [0.4, 0.5) is 4.79 Å². The van der Waals surface area contributed by atoms with Gasteiger partial charge < -0.3 is 14.8 Å². The quantitative estimate of drug-likeness (QED) is 0.843. The summed E-state index contributed by atoms with van der Waals surface area (Å²) in [6.45, 7) is 0.360. The highest BCUT2D eigenvalue weighted by Gasteiger charge is 2.25. The van der Waals surface area contributed by atoms with E-state index in [1.807, 2.05) is 24.3 Å². The van der Waals surface area contributed by atoms with Gasteiger partial charge in [-0.2, -0.15) is 0 Å². The lowest BCUT2D eigenvalue weighted by Gasteiger charge is -2.11. The van der Waals surface area contributed by atoms with Crippen LogP contribution < -0.4 is 10.1 Å². The molecule has 1 aromatic carbocycles. The van der Waals surface area contributed by atoms with Crippen molar-refractivity contribution in [3.05, 3.63) is 29.8 Å². The number of hydrogen-bond donors (Lipinski definition) is 1. The third kappa shape index (κ3) is 2.33. The van der Waals surface area contributed by atoms with Crippen LogP contribution in [0.2, 0.25) is 0 Å². The van der Waals surface area contributed by atoms with Gasteiger partial charge in [-0.1, -0.05) is 18.2 Å². The van der Waals surface area contributed by atoms with E-state index in [0.29, 0.717) is 6.61 Å². The number of benzene rings is 1. The zero-order chi connectivity index (χ0) is 9.97. The topological polar surface area (TPSA) is 47.6 Å². The van der Waals surface area contributed by atoms with Gasteiger partial charge >= 0.3 is 6.09 Å². The van der Waals surface area contributed by atoms with Crippen LogP contribution in [0.15, 0.2) is 24.3 Å². The Hall–Kier alpha value is -1.42. The Morgan fingerprint density at radius 1 is 1.47 bits per heavy atom. The van der Waals surface area contributed by atoms with Crippen LogP contribution in [0.5, 0.6) is 5.75 Å². The predicted octanol–water partition coefficient (Wildman–Crippen LogP) is 1.90. The first-order valence-corrected chi connectivity index (χ1v) is 4.37. The molecule has 0 saturated carbocycles. The number of hydrogen-bond acceptors (Lipinski definition) is 3. The second-order valence-corrected chi connectivity index (χ2v) is 3.04. The molecule has 0 spiro atoms. The van der Waals surface area contributed by atoms with Crippen molar-refractivity contribution in [2.75, 3.05) is 13.7 Å². The molecule has 1 aliphatic rings. The number of nitrogens with one attached hydrogen (secondary N) is 1. The van der Waals surface area contributed by atoms with Gasteiger partial charge in [0, 0.05) is 5.56 Å². The lowest BCUT2D eigenvalue weighted by atomic mass is 10.1. The molecule has 5 heteroatoms. The van der Waals surface area contributed by atoms with Gasteiger partial charge in [-0.15, -0.1) is 12.4 Å². The molecule has 4 nitrogen and oxygen atoms in total. The molecule has 1 fully saturated rings. The molecule has 0 aromatic heterocycles. The SMILES string of the molecule is COc1ccccc1[C@H]1COC(=O)N1.Cl. The number of halogens is 1. The Bertz CT molecular complexity index is 356. The van der Waals surface area contributed by atoms with Gasteiger partial charge in [0.15, 0.2) is 0 Å². The fourth-order valence-electron chi connectivity index (χ4n) is 1.51. The normalized spacial score (nSPS) is 18.7. The van der Waals surface area contributed by atoms with Crippen LogP contribution >= 0.6 is 12.4 Å². The van der Waals surface area contributed by atoms with Crippen molar-refractivity contribution < 1.29 is 14.3 Å². The van der Waals surface area contributed by atoms with Crippen LogP contribution in [-0.2, 0) is 4.74 Å². The molecule has 1 aliphatic heterocycles. The molecule has 82 valence electrons. The maximum Gasteiger partial charge on any atom is 0.407 e. The molecular weight excluding hydrogens is 218 g/mol. The fraction of sp³-hybridized carbons (Fsp3) is 0.300. The number of carbonyl (C=O) groups is 1. The monoisotopic (exact) mass is 229 g/mol. The first kappa shape index (κ1) is 11.7. The van der Waals surface area contributed by atoms with Gasteiger partial charge in [-0.05, 0) is 6.07 Å². The van der Waals surface area contributed by atoms with Crippen molar-refractivity contribution in [2.24, 2.45) is 0 Å². The molecule has 0 bridgehead atoms. The van der Waals surface area contributed by atoms with E-state index in [0.717, 1.165) is 11.3 Å². The van der Waals surface area contributed by atoms with Crippen molar-refractivity contribution >= 4 is 18.5 Å². The molecule has 1 N–H and O–H groups in total. The number of carbonyl (C=O) groups excluding carboxylic acids is 1. The van der Waals surface area contributed by atoms with Crippen LogP contribution in [0.25, 0.3) is 0 Å². The largest absolute Gasteiger partial charge is 0.496 e. The van der Waals surface area contributed by atoms with E-state index < -0.39 is 0 Å². The van der Waals surface area contributed by atoms with Crippen LogP contribution in [0.3, 0.4) is 0 Å². The third-order valence-electron chi connectivity index (χ3n) is 2.19. The summed E-state index contributed by atoms with van der Waals surface area (Å²) in [4.78, 5) is 10.9. The minimum Gasteiger partial charge on any atom is -0.496 e. The molecule has 15 heavy (non-hydrogen) atoms. The van der Waals surface area contributed by atoms with Crippen molar-refractivity contribution in [2.45, 2.75) is 6.04 Å². The average molecular weight is 230 g/mol. The van der Waals surface area contributed by atoms with Gasteiger partial charge in [0.2, 0.25) is 0 Å². The predicted molar refractivity (Wildman–Crippen MR) is 57.5 cm³/mol. The second kappa shape index (κ2) is 4.89. The van der Waals surface area contributed by atoms with Crippen molar-refractivity contribution in [1.29, 1.82) is 0 Å². The van der Waals surface area contributed by atoms with E-state index in [-0.39, 0.29) is 24.5 Å². The second-order valence-electron chi connectivity index (χ2n) is 3.04. The summed E-state index contributed by atoms with van der Waals surface area (Å²) in [5.41, 5.74) is 0.945. The maximum absolute atomic E-state index is 10.9. The van der Waals surface area contributed by atoms with Crippen LogP contribution in [0, 0.1) is 0 Å². The van der Waals surface area contributed by atoms with Crippen molar-refractivity contribution in [3.8, 4) is 5.75 Å². The summed E-state index contributed by atoms with van der Waals surface area (Å²) in [6, 6.07) is 7.47. The number of amides is 1. The number of para-hydroxylation sites is 1. The van der Waals surface area contributed by atoms with Gasteiger partial charge in [-0.25, -0.2) is 4.79 Å². The Kier molecular flexibility index (Phi) is 3.80. The molecule has 2 rings (SSSR count). The van der Waals surface area contributed by atoms with E-state index in [1.165, 1.54) is 0 Å². The standard InChI is InChI=1S/C10H11NO3.ClH/c1-13-9-5-3-2-4-7(9)8-6-14-10(12)11-8;/h2-5,8H,6H2,1H3,(H,11,12);1H/t8-;/m1./s1. The zero-order valence-electron chi connectivity index (χ0n) is 8.23. The number of alkyl carbamates (subject to hydrolysis) is 1. The van der Waals surface area contributed by atoms with E-state index in [9.17, 15) is 4.79 Å². The lowest BCUT2D eigenvalue weighted by molar-refractivity contribution is 0.177. The van der Waals surface area contributed by atoms with Gasteiger partial charge in [0.25, 0.3) is 0 Å². The van der Waals surface area contributed by atoms with Gasteiger partial charge in [0.05, 0.1) is 13.2 Å². The Morgan fingerprint density at radius 3 is 2.80 bits per heavy atom. The summed E-state index contributed by atoms with van der Waals surface area (Å²) in [5.74, 6) is 0.767. The molecule has 1 atom stereocenters. The molecule has 1 saturated heterocycles. The molecule has 1 amide bonds. The molecule has 0 aliphatic carbocycles. The smallest absolute Gasteiger partial charge is 0.407 e. The first-order valence-electron chi connectivity index (χ1n) is 4.37. The zero-order valence-corrected chi connectivity index (χ0v) is 9.04. The summed E-state index contributed by atoms with van der Waals surface area (Å²) < 4.78 is 10.00. The van der Waals surface area contributed by atoms with Gasteiger partial charge in [0.1, 0.15) is 12.4 Å². The number of cyclic esters (lactones) is 1. The van der Waals surface area contributed by atoms with E-state index in [4.69, 9.17) is 9.47 Å². The summed E-state index contributed by atoms with van der Waals surface area (Å²) in [6.07, 6.45) is -0.374. The highest BCUT2D eigenvalue weighted by atomic mass is 35.5. The summed E-state index contributed by atoms with van der Waals surface area (Å²) >= 11 is 0. The Morgan fingerprint density at radius 2 is 2.20 bits per heavy atom. The van der Waals surface area contributed by atoms with E-state index >= 15 is 0 Å². The van der Waals surface area contributed by atoms with Crippen molar-refractivity contribution in [3.63, 3.8) is 0 Å². The highest BCUT2D eigenvalue weighted by molar-refractivity contribution is 5.85. The Labute approximate surface area is 94.0 Å². The van der Waals surface area contributed by atoms with E-state index in [1.54, 1.807) is 7.11 Å². The molecule has 1 heterocycles. The highest BCUT2D eigenvalue weighted by Crippen LogP contribution is 2.26. The van der Waals surface area contributed by atoms with Crippen molar-refractivity contribution in [1.82, 2.24) is 5.32 Å². The Balaban J connectivity index is 0.00000112. The van der Waals surface area contributed by atoms with Gasteiger partial charge in [-0.3, -0.25) is 0 Å². The van der Waals surface area contributed by atoms with E-state index in [2.05, 4.69) is 5.32 Å².